The van der Waals surface area contributed by atoms with Gasteiger partial charge in [0.25, 0.3) is 5.56 Å². The van der Waals surface area contributed by atoms with Crippen LogP contribution in [0.3, 0.4) is 0 Å². The fourth-order valence-electron chi connectivity index (χ4n) is 3.83. The van der Waals surface area contributed by atoms with Crippen LogP contribution in [0.2, 0.25) is 0 Å². The van der Waals surface area contributed by atoms with E-state index in [-0.39, 0.29) is 18.0 Å². The van der Waals surface area contributed by atoms with E-state index < -0.39 is 0 Å². The van der Waals surface area contributed by atoms with Crippen molar-refractivity contribution in [2.45, 2.75) is 0 Å². The molecule has 0 fully saturated rings. The van der Waals surface area contributed by atoms with Gasteiger partial charge in [-0.25, -0.2) is 4.98 Å². The van der Waals surface area contributed by atoms with Crippen molar-refractivity contribution >= 4 is 28.1 Å². The van der Waals surface area contributed by atoms with Crippen molar-refractivity contribution in [3.8, 4) is 34.9 Å². The molecule has 0 atom stereocenters. The zero-order valence-corrected chi connectivity index (χ0v) is 19.5. The van der Waals surface area contributed by atoms with E-state index in [0.717, 1.165) is 5.39 Å². The van der Waals surface area contributed by atoms with Crippen molar-refractivity contribution in [3.05, 3.63) is 82.6 Å². The second-order valence-electron chi connectivity index (χ2n) is 7.66. The molecule has 2 heterocycles. The smallest absolute Gasteiger partial charge is 0.282 e. The lowest BCUT2D eigenvalue weighted by Gasteiger charge is -2.13. The average Bonchev–Trinajstić information content (AvgIpc) is 3.35. The first-order chi connectivity index (χ1) is 17.6. The van der Waals surface area contributed by atoms with E-state index in [1.165, 1.54) is 25.1 Å². The molecule has 0 aliphatic carbocycles. The summed E-state index contributed by atoms with van der Waals surface area (Å²) in [7, 11) is 2.96. The number of benzene rings is 3. The van der Waals surface area contributed by atoms with Crippen LogP contribution in [0.5, 0.6) is 17.2 Å². The van der Waals surface area contributed by atoms with Gasteiger partial charge in [0.15, 0.2) is 23.9 Å². The number of fused-ring (bicyclic) bond motifs is 2. The maximum Gasteiger partial charge on any atom is 0.282 e. The van der Waals surface area contributed by atoms with Crippen LogP contribution in [0.1, 0.15) is 5.56 Å². The number of para-hydroxylation sites is 2. The molecular weight excluding hydrogens is 460 g/mol. The Bertz CT molecular complexity index is 1650. The van der Waals surface area contributed by atoms with Crippen LogP contribution >= 0.6 is 0 Å². The topological polar surface area (TPSA) is 112 Å². The highest BCUT2D eigenvalue weighted by atomic mass is 16.5. The van der Waals surface area contributed by atoms with Crippen LogP contribution < -0.4 is 19.8 Å². The molecule has 2 aromatic heterocycles. The molecule has 0 unspecified atom stereocenters. The van der Waals surface area contributed by atoms with E-state index in [0.29, 0.717) is 45.1 Å². The maximum atomic E-state index is 13.4. The molecule has 0 saturated carbocycles. The number of furan rings is 1. The second kappa shape index (κ2) is 9.64. The van der Waals surface area contributed by atoms with Gasteiger partial charge < -0.3 is 18.6 Å². The van der Waals surface area contributed by atoms with Crippen molar-refractivity contribution in [3.63, 3.8) is 0 Å². The van der Waals surface area contributed by atoms with E-state index in [2.05, 4.69) is 10.1 Å². The quantitative estimate of drug-likeness (QED) is 0.313. The number of hydrogen-bond acceptors (Lipinski definition) is 8. The fourth-order valence-corrected chi connectivity index (χ4v) is 3.83. The summed E-state index contributed by atoms with van der Waals surface area (Å²) in [6.07, 6.45) is 1.49. The molecule has 5 rings (SSSR count). The van der Waals surface area contributed by atoms with Gasteiger partial charge in [-0.05, 0) is 36.4 Å². The summed E-state index contributed by atoms with van der Waals surface area (Å²) in [6.45, 7) is -0.167. The predicted molar refractivity (Wildman–Crippen MR) is 135 cm³/mol. The van der Waals surface area contributed by atoms with Crippen LogP contribution in [-0.4, -0.2) is 36.7 Å². The Morgan fingerprint density at radius 1 is 1.06 bits per heavy atom. The number of hydrogen-bond donors (Lipinski definition) is 0. The third-order valence-corrected chi connectivity index (χ3v) is 5.49. The molecular formula is C27H20N4O5. The maximum absolute atomic E-state index is 13.4. The molecule has 3 aromatic carbocycles. The lowest BCUT2D eigenvalue weighted by atomic mass is 10.2. The standard InChI is InChI=1S/C27H20N4O5/c1-33-22-13-17(14-23(34-2)25(22)35-12-11-28)16-29-31-26(24-15-18-7-3-6-10-21(18)36-24)30-20-9-5-4-8-19(20)27(31)32/h3-10,13-16H,12H2,1-2H3. The number of ether oxygens (including phenoxy) is 3. The number of aromatic nitrogens is 2. The molecule has 0 spiro atoms. The molecule has 0 bridgehead atoms. The summed E-state index contributed by atoms with van der Waals surface area (Å²) >= 11 is 0. The van der Waals surface area contributed by atoms with Crippen LogP contribution in [0.4, 0.5) is 0 Å². The van der Waals surface area contributed by atoms with Crippen molar-refractivity contribution in [2.24, 2.45) is 5.10 Å². The van der Waals surface area contributed by atoms with Gasteiger partial charge in [0.05, 0.1) is 31.3 Å². The Hall–Kier alpha value is -5.10. The molecule has 0 aliphatic rings. The van der Waals surface area contributed by atoms with Gasteiger partial charge in [0, 0.05) is 10.9 Å². The Kier molecular flexibility index (Phi) is 6.07. The molecule has 5 aromatic rings. The van der Waals surface area contributed by atoms with Gasteiger partial charge in [-0.15, -0.1) is 0 Å². The SMILES string of the molecule is COc1cc(C=Nn2c(-c3cc4ccccc4o3)nc3ccccc3c2=O)cc(OC)c1OCC#N. The van der Waals surface area contributed by atoms with E-state index in [1.54, 1.807) is 30.3 Å². The van der Waals surface area contributed by atoms with Crippen LogP contribution in [0.15, 0.2) is 81.0 Å². The first-order valence-electron chi connectivity index (χ1n) is 10.9. The number of rotatable bonds is 7. The summed E-state index contributed by atoms with van der Waals surface area (Å²) < 4.78 is 23.5. The van der Waals surface area contributed by atoms with Gasteiger partial charge in [-0.3, -0.25) is 4.79 Å². The minimum Gasteiger partial charge on any atom is -0.493 e. The Balaban J connectivity index is 1.66. The summed E-state index contributed by atoms with van der Waals surface area (Å²) in [5, 5.41) is 14.6. The molecule has 0 saturated heterocycles. The minimum atomic E-state index is -0.347. The molecule has 0 N–H and O–H groups in total. The zero-order valence-electron chi connectivity index (χ0n) is 19.5. The highest BCUT2D eigenvalue weighted by Crippen LogP contribution is 2.38. The number of nitriles is 1. The molecule has 9 nitrogen and oxygen atoms in total. The van der Waals surface area contributed by atoms with Crippen molar-refractivity contribution in [1.82, 2.24) is 9.66 Å². The largest absolute Gasteiger partial charge is 0.493 e. The monoisotopic (exact) mass is 480 g/mol. The molecule has 178 valence electrons. The lowest BCUT2D eigenvalue weighted by Crippen LogP contribution is -2.20. The first kappa shape index (κ1) is 22.7. The second-order valence-corrected chi connectivity index (χ2v) is 7.66. The fraction of sp³-hybridized carbons (Fsp3) is 0.111. The molecule has 9 heteroatoms. The molecule has 0 amide bonds. The van der Waals surface area contributed by atoms with Gasteiger partial charge in [0.1, 0.15) is 11.7 Å². The van der Waals surface area contributed by atoms with Gasteiger partial charge >= 0.3 is 0 Å². The van der Waals surface area contributed by atoms with E-state index in [4.69, 9.17) is 23.9 Å². The van der Waals surface area contributed by atoms with Crippen LogP contribution in [-0.2, 0) is 0 Å². The Morgan fingerprint density at radius 2 is 1.78 bits per heavy atom. The van der Waals surface area contributed by atoms with Gasteiger partial charge in [0.2, 0.25) is 11.6 Å². The summed E-state index contributed by atoms with van der Waals surface area (Å²) in [6, 6.07) is 21.7. The first-order valence-corrected chi connectivity index (χ1v) is 10.9. The minimum absolute atomic E-state index is 0.167. The van der Waals surface area contributed by atoms with E-state index >= 15 is 0 Å². The zero-order chi connectivity index (χ0) is 25.1. The molecule has 0 aliphatic heterocycles. The summed E-state index contributed by atoms with van der Waals surface area (Å²) in [5.41, 5.74) is 1.43. The highest BCUT2D eigenvalue weighted by molar-refractivity contribution is 5.85. The highest BCUT2D eigenvalue weighted by Gasteiger charge is 2.17. The van der Waals surface area contributed by atoms with Crippen LogP contribution in [0.25, 0.3) is 33.5 Å². The van der Waals surface area contributed by atoms with Crippen LogP contribution in [0, 0.1) is 11.3 Å². The normalized spacial score (nSPS) is 11.1. The van der Waals surface area contributed by atoms with E-state index in [9.17, 15) is 4.79 Å². The Morgan fingerprint density at radius 3 is 2.50 bits per heavy atom. The predicted octanol–water partition coefficient (Wildman–Crippen LogP) is 4.61. The van der Waals surface area contributed by atoms with Gasteiger partial charge in [-0.1, -0.05) is 30.3 Å². The van der Waals surface area contributed by atoms with Gasteiger partial charge in [-0.2, -0.15) is 15.0 Å². The van der Waals surface area contributed by atoms with Crippen molar-refractivity contribution < 1.29 is 18.6 Å². The molecule has 0 radical (unpaired) electrons. The summed E-state index contributed by atoms with van der Waals surface area (Å²) in [5.74, 6) is 1.68. The summed E-state index contributed by atoms with van der Waals surface area (Å²) in [4.78, 5) is 18.1. The van der Waals surface area contributed by atoms with E-state index in [1.807, 2.05) is 42.5 Å². The van der Waals surface area contributed by atoms with Crippen molar-refractivity contribution in [2.75, 3.05) is 20.8 Å². The lowest BCUT2D eigenvalue weighted by molar-refractivity contribution is 0.303. The third kappa shape index (κ3) is 4.12. The third-order valence-electron chi connectivity index (χ3n) is 5.49. The van der Waals surface area contributed by atoms with Crippen molar-refractivity contribution in [1.29, 1.82) is 5.26 Å². The Labute approximate surface area is 205 Å². The molecule has 36 heavy (non-hydrogen) atoms. The average molecular weight is 480 g/mol. The number of nitrogens with zero attached hydrogens (tertiary/aromatic N) is 4. The number of methoxy groups -OCH3 is 2.